The monoisotopic (exact) mass is 274 g/mol. The molecule has 2 unspecified atom stereocenters. The van der Waals surface area contributed by atoms with Gasteiger partial charge < -0.3 is 10.6 Å². The molecule has 1 fully saturated rings. The lowest BCUT2D eigenvalue weighted by Crippen LogP contribution is -2.39. The van der Waals surface area contributed by atoms with E-state index in [9.17, 15) is 0 Å². The van der Waals surface area contributed by atoms with Gasteiger partial charge in [0.05, 0.1) is 0 Å². The molecular weight excluding hydrogens is 244 g/mol. The highest BCUT2D eigenvalue weighted by Crippen LogP contribution is 2.24. The average Bonchev–Trinajstić information content (AvgIpc) is 2.38. The van der Waals surface area contributed by atoms with Crippen molar-refractivity contribution in [1.82, 2.24) is 4.90 Å². The molecule has 1 saturated heterocycles. The lowest BCUT2D eigenvalue weighted by molar-refractivity contribution is 0.175. The highest BCUT2D eigenvalue weighted by Gasteiger charge is 2.19. The van der Waals surface area contributed by atoms with Crippen molar-refractivity contribution in [3.63, 3.8) is 0 Å². The Balaban J connectivity index is 1.97. The van der Waals surface area contributed by atoms with Crippen LogP contribution in [0.25, 0.3) is 0 Å². The minimum atomic E-state index is 0.134. The number of piperidine rings is 1. The Kier molecular flexibility index (Phi) is 4.87. The van der Waals surface area contributed by atoms with E-state index >= 15 is 0 Å². The van der Waals surface area contributed by atoms with Gasteiger partial charge in [-0.1, -0.05) is 52.0 Å². The van der Waals surface area contributed by atoms with E-state index in [0.717, 1.165) is 12.5 Å². The summed E-state index contributed by atoms with van der Waals surface area (Å²) in [5.74, 6) is 0.819. The molecule has 1 aromatic rings. The molecule has 0 amide bonds. The molecule has 0 bridgehead atoms. The summed E-state index contributed by atoms with van der Waals surface area (Å²) in [7, 11) is 0. The van der Waals surface area contributed by atoms with Gasteiger partial charge in [0, 0.05) is 19.1 Å². The van der Waals surface area contributed by atoms with E-state index in [1.807, 2.05) is 0 Å². The zero-order chi connectivity index (χ0) is 14.8. The van der Waals surface area contributed by atoms with Crippen molar-refractivity contribution in [2.24, 2.45) is 11.7 Å². The van der Waals surface area contributed by atoms with Gasteiger partial charge in [-0.15, -0.1) is 0 Å². The first-order valence-corrected chi connectivity index (χ1v) is 7.94. The lowest BCUT2D eigenvalue weighted by atomic mass is 9.86. The summed E-state index contributed by atoms with van der Waals surface area (Å²) in [6, 6.07) is 9.01. The smallest absolute Gasteiger partial charge is 0.0424 e. The number of hydrogen-bond acceptors (Lipinski definition) is 2. The molecule has 0 saturated carbocycles. The summed E-state index contributed by atoms with van der Waals surface area (Å²) in [5, 5.41) is 0. The molecule has 112 valence electrons. The molecule has 2 nitrogen and oxygen atoms in total. The summed E-state index contributed by atoms with van der Waals surface area (Å²) in [6.45, 7) is 12.5. The Labute approximate surface area is 124 Å². The van der Waals surface area contributed by atoms with Gasteiger partial charge in [0.2, 0.25) is 0 Å². The van der Waals surface area contributed by atoms with Crippen LogP contribution in [0, 0.1) is 5.92 Å². The first-order chi connectivity index (χ1) is 9.36. The van der Waals surface area contributed by atoms with Crippen LogP contribution in [-0.2, 0) is 5.41 Å². The van der Waals surface area contributed by atoms with E-state index < -0.39 is 0 Å². The van der Waals surface area contributed by atoms with Gasteiger partial charge in [0.15, 0.2) is 0 Å². The number of likely N-dealkylation sites (tertiary alicyclic amines) is 1. The fourth-order valence-electron chi connectivity index (χ4n) is 3.07. The van der Waals surface area contributed by atoms with Crippen LogP contribution in [0.15, 0.2) is 24.3 Å². The van der Waals surface area contributed by atoms with Gasteiger partial charge in [0.25, 0.3) is 0 Å². The van der Waals surface area contributed by atoms with Crippen molar-refractivity contribution in [1.29, 1.82) is 0 Å². The Hall–Kier alpha value is -0.860. The van der Waals surface area contributed by atoms with Gasteiger partial charge in [-0.3, -0.25) is 0 Å². The molecule has 2 atom stereocenters. The lowest BCUT2D eigenvalue weighted by Gasteiger charge is -2.32. The second kappa shape index (κ2) is 6.28. The summed E-state index contributed by atoms with van der Waals surface area (Å²) >= 11 is 0. The number of nitrogens with two attached hydrogens (primary N) is 1. The Morgan fingerprint density at radius 2 is 1.90 bits per heavy atom. The molecule has 0 aliphatic carbocycles. The third kappa shape index (κ3) is 4.07. The second-order valence-corrected chi connectivity index (χ2v) is 7.49. The average molecular weight is 274 g/mol. The molecule has 1 aliphatic heterocycles. The van der Waals surface area contributed by atoms with E-state index in [2.05, 4.69) is 56.9 Å². The van der Waals surface area contributed by atoms with Crippen molar-refractivity contribution in [2.45, 2.75) is 52.0 Å². The highest BCUT2D eigenvalue weighted by atomic mass is 15.1. The van der Waals surface area contributed by atoms with Gasteiger partial charge in [-0.25, -0.2) is 0 Å². The maximum atomic E-state index is 6.39. The fourth-order valence-corrected chi connectivity index (χ4v) is 3.07. The molecule has 2 heteroatoms. The van der Waals surface area contributed by atoms with E-state index in [4.69, 9.17) is 5.73 Å². The number of nitrogens with zero attached hydrogens (tertiary/aromatic N) is 1. The normalized spacial score (nSPS) is 22.8. The van der Waals surface area contributed by atoms with Crippen molar-refractivity contribution in [3.05, 3.63) is 35.4 Å². The van der Waals surface area contributed by atoms with Crippen LogP contribution in [0.4, 0.5) is 0 Å². The van der Waals surface area contributed by atoms with Crippen molar-refractivity contribution >= 4 is 0 Å². The maximum absolute atomic E-state index is 6.39. The first-order valence-electron chi connectivity index (χ1n) is 7.94. The third-order valence-corrected chi connectivity index (χ3v) is 4.40. The van der Waals surface area contributed by atoms with Crippen LogP contribution in [0.5, 0.6) is 0 Å². The topological polar surface area (TPSA) is 29.3 Å². The summed E-state index contributed by atoms with van der Waals surface area (Å²) in [6.07, 6.45) is 2.68. The quantitative estimate of drug-likeness (QED) is 0.910. The van der Waals surface area contributed by atoms with Gasteiger partial charge in [-0.05, 0) is 41.8 Å². The molecule has 1 aliphatic rings. The predicted octanol–water partition coefficient (Wildman–Crippen LogP) is 3.72. The predicted molar refractivity (Wildman–Crippen MR) is 86.9 cm³/mol. The molecule has 20 heavy (non-hydrogen) atoms. The summed E-state index contributed by atoms with van der Waals surface area (Å²) < 4.78 is 0. The van der Waals surface area contributed by atoms with Crippen LogP contribution in [-0.4, -0.2) is 24.5 Å². The summed E-state index contributed by atoms with van der Waals surface area (Å²) in [4.78, 5) is 2.52. The van der Waals surface area contributed by atoms with Gasteiger partial charge in [0.1, 0.15) is 0 Å². The van der Waals surface area contributed by atoms with Gasteiger partial charge in [-0.2, -0.15) is 0 Å². The van der Waals surface area contributed by atoms with Gasteiger partial charge >= 0.3 is 0 Å². The third-order valence-electron chi connectivity index (χ3n) is 4.40. The molecule has 2 rings (SSSR count). The van der Waals surface area contributed by atoms with Crippen LogP contribution < -0.4 is 5.73 Å². The van der Waals surface area contributed by atoms with Crippen LogP contribution in [0.3, 0.4) is 0 Å². The molecule has 1 heterocycles. The molecule has 1 aromatic carbocycles. The number of benzene rings is 1. The van der Waals surface area contributed by atoms with Crippen molar-refractivity contribution < 1.29 is 0 Å². The second-order valence-electron chi connectivity index (χ2n) is 7.49. The molecule has 0 spiro atoms. The largest absolute Gasteiger partial charge is 0.323 e. The Bertz CT molecular complexity index is 416. The van der Waals surface area contributed by atoms with Crippen LogP contribution in [0.2, 0.25) is 0 Å². The number of hydrogen-bond donors (Lipinski definition) is 1. The van der Waals surface area contributed by atoms with E-state index in [1.54, 1.807) is 0 Å². The highest BCUT2D eigenvalue weighted by molar-refractivity contribution is 5.29. The first kappa shape index (κ1) is 15.5. The Morgan fingerprint density at radius 1 is 1.25 bits per heavy atom. The maximum Gasteiger partial charge on any atom is 0.0424 e. The van der Waals surface area contributed by atoms with Crippen LogP contribution in [0.1, 0.15) is 57.7 Å². The zero-order valence-corrected chi connectivity index (χ0v) is 13.5. The van der Waals surface area contributed by atoms with Crippen molar-refractivity contribution in [2.75, 3.05) is 19.6 Å². The SMILES string of the molecule is CC1CCCN(CC(N)c2ccc(C(C)(C)C)cc2)C1. The molecular formula is C18H30N2. The fraction of sp³-hybridized carbons (Fsp3) is 0.667. The molecule has 0 aromatic heterocycles. The van der Waals surface area contributed by atoms with E-state index in [1.165, 1.54) is 37.1 Å². The zero-order valence-electron chi connectivity index (χ0n) is 13.5. The Morgan fingerprint density at radius 3 is 2.45 bits per heavy atom. The number of rotatable bonds is 3. The summed E-state index contributed by atoms with van der Waals surface area (Å²) in [5.41, 5.74) is 9.24. The van der Waals surface area contributed by atoms with Crippen molar-refractivity contribution in [3.8, 4) is 0 Å². The van der Waals surface area contributed by atoms with E-state index in [0.29, 0.717) is 0 Å². The molecule has 0 radical (unpaired) electrons. The van der Waals surface area contributed by atoms with Crippen LogP contribution >= 0.6 is 0 Å². The molecule has 2 N–H and O–H groups in total. The standard InChI is InChI=1S/C18H30N2/c1-14-6-5-11-20(12-14)13-17(19)15-7-9-16(10-8-15)18(2,3)4/h7-10,14,17H,5-6,11-13,19H2,1-4H3. The minimum absolute atomic E-state index is 0.134. The minimum Gasteiger partial charge on any atom is -0.323 e. The van der Waals surface area contributed by atoms with E-state index in [-0.39, 0.29) is 11.5 Å².